The van der Waals surface area contributed by atoms with Crippen molar-refractivity contribution in [3.8, 4) is 0 Å². The topological polar surface area (TPSA) is 47.9 Å². The first kappa shape index (κ1) is 10.5. The molecule has 4 nitrogen and oxygen atoms in total. The van der Waals surface area contributed by atoms with E-state index in [0.717, 1.165) is 0 Å². The number of ether oxygens (including phenoxy) is 2. The smallest absolute Gasteiger partial charge is 0.298 e. The average molecular weight is 173 g/mol. The van der Waals surface area contributed by atoms with Gasteiger partial charge >= 0.3 is 0 Å². The number of carbonyl (C=O) groups excluding carboxylic acids is 1. The van der Waals surface area contributed by atoms with E-state index in [4.69, 9.17) is 9.47 Å². The van der Waals surface area contributed by atoms with E-state index in [1.807, 2.05) is 13.8 Å². The van der Waals surface area contributed by atoms with Crippen LogP contribution < -0.4 is 0 Å². The molecule has 0 atom stereocenters. The van der Waals surface area contributed by atoms with Crippen LogP contribution in [0.4, 0.5) is 0 Å². The average Bonchev–Trinajstić information content (AvgIpc) is 2.01. The van der Waals surface area contributed by atoms with Gasteiger partial charge in [0, 0.05) is 13.2 Å². The van der Waals surface area contributed by atoms with Crippen LogP contribution in [0.3, 0.4) is 0 Å². The zero-order valence-corrected chi connectivity index (χ0v) is 7.66. The van der Waals surface area contributed by atoms with Gasteiger partial charge in [-0.3, -0.25) is 0 Å². The first-order valence-corrected chi connectivity index (χ1v) is 4.43. The summed E-state index contributed by atoms with van der Waals surface area (Å²) in [6, 6.07) is 0. The molecule has 5 heteroatoms. The van der Waals surface area contributed by atoms with Crippen molar-refractivity contribution in [1.82, 2.24) is 0 Å². The van der Waals surface area contributed by atoms with Crippen molar-refractivity contribution in [1.29, 1.82) is 0 Å². The highest BCUT2D eigenvalue weighted by molar-refractivity contribution is 6.35. The van der Waals surface area contributed by atoms with Crippen molar-refractivity contribution in [2.45, 2.75) is 19.8 Å². The molecule has 0 spiro atoms. The van der Waals surface area contributed by atoms with Crippen molar-refractivity contribution >= 4 is 15.8 Å². The normalized spacial score (nSPS) is 9.73. The predicted molar refractivity (Wildman–Crippen MR) is 40.9 cm³/mol. The molecule has 0 heterocycles. The Kier molecular flexibility index (Phi) is 7.29. The Bertz CT molecular complexity index is 130. The Morgan fingerprint density at radius 1 is 1.45 bits per heavy atom. The molecule has 62 valence electrons. The highest BCUT2D eigenvalue weighted by Gasteiger charge is 2.08. The molecule has 0 amide bonds. The van der Waals surface area contributed by atoms with Crippen LogP contribution >= 0.6 is 0 Å². The van der Waals surface area contributed by atoms with Crippen molar-refractivity contribution in [3.05, 3.63) is 0 Å². The molecule has 0 aliphatic heterocycles. The summed E-state index contributed by atoms with van der Waals surface area (Å²) in [6.45, 7) is 4.85. The third-order valence-corrected chi connectivity index (χ3v) is 1.62. The second-order valence-electron chi connectivity index (χ2n) is 1.57. The van der Waals surface area contributed by atoms with Crippen LogP contribution in [0, 0.1) is 0 Å². The minimum atomic E-state index is -0.369. The SMILES string of the molecule is CCOC(OCC)[Si]N=C=O. The van der Waals surface area contributed by atoms with Crippen LogP contribution in [0.2, 0.25) is 0 Å². The fourth-order valence-electron chi connectivity index (χ4n) is 0.504. The van der Waals surface area contributed by atoms with Gasteiger partial charge < -0.3 is 9.47 Å². The predicted octanol–water partition coefficient (Wildman–Crippen LogP) is 0.298. The first-order valence-electron chi connectivity index (χ1n) is 3.40. The van der Waals surface area contributed by atoms with E-state index in [9.17, 15) is 4.79 Å². The maximum absolute atomic E-state index is 9.72. The van der Waals surface area contributed by atoms with Gasteiger partial charge in [0.25, 0.3) is 9.68 Å². The second kappa shape index (κ2) is 7.62. The molecule has 0 saturated heterocycles. The maximum atomic E-state index is 9.72. The minimum Gasteiger partial charge on any atom is -0.355 e. The van der Waals surface area contributed by atoms with Crippen LogP contribution in [0.25, 0.3) is 0 Å². The maximum Gasteiger partial charge on any atom is 0.298 e. The summed E-state index contributed by atoms with van der Waals surface area (Å²) in [5, 5.41) is 0. The van der Waals surface area contributed by atoms with E-state index in [0.29, 0.717) is 13.2 Å². The van der Waals surface area contributed by atoms with E-state index in [1.54, 1.807) is 0 Å². The molecule has 11 heavy (non-hydrogen) atoms. The molecular weight excluding hydrogens is 162 g/mol. The molecule has 0 aromatic carbocycles. The van der Waals surface area contributed by atoms with Gasteiger partial charge in [-0.05, 0) is 13.8 Å². The van der Waals surface area contributed by atoms with Crippen LogP contribution in [-0.2, 0) is 14.3 Å². The molecule has 0 aliphatic rings. The third kappa shape index (κ3) is 5.94. The van der Waals surface area contributed by atoms with Gasteiger partial charge in [0.1, 0.15) is 0 Å². The van der Waals surface area contributed by atoms with Gasteiger partial charge in [-0.1, -0.05) is 0 Å². The lowest BCUT2D eigenvalue weighted by Gasteiger charge is -2.11. The molecule has 0 aliphatic carbocycles. The van der Waals surface area contributed by atoms with Crippen molar-refractivity contribution < 1.29 is 14.3 Å². The van der Waals surface area contributed by atoms with E-state index >= 15 is 0 Å². The Morgan fingerprint density at radius 3 is 2.36 bits per heavy atom. The summed E-state index contributed by atoms with van der Waals surface area (Å²) in [5.74, 6) is -0.369. The lowest BCUT2D eigenvalue weighted by atomic mass is 10.9. The van der Waals surface area contributed by atoms with Crippen LogP contribution in [0.1, 0.15) is 13.8 Å². The molecule has 0 N–H and O–H groups in total. The fraction of sp³-hybridized carbons (Fsp3) is 0.833. The van der Waals surface area contributed by atoms with Crippen LogP contribution in [0.5, 0.6) is 0 Å². The number of hydrogen-bond acceptors (Lipinski definition) is 4. The van der Waals surface area contributed by atoms with Gasteiger partial charge in [0.05, 0.1) is 0 Å². The summed E-state index contributed by atoms with van der Waals surface area (Å²) in [7, 11) is -0.00606. The van der Waals surface area contributed by atoms with Gasteiger partial charge in [-0.25, -0.2) is 9.45 Å². The zero-order valence-electron chi connectivity index (χ0n) is 6.66. The summed E-state index contributed by atoms with van der Waals surface area (Å²) in [4.78, 5) is 9.72. The summed E-state index contributed by atoms with van der Waals surface area (Å²) < 4.78 is 13.6. The highest BCUT2D eigenvalue weighted by atomic mass is 28.2. The van der Waals surface area contributed by atoms with Crippen molar-refractivity contribution in [3.63, 3.8) is 0 Å². The Balaban J connectivity index is 3.58. The molecule has 0 rings (SSSR count). The van der Waals surface area contributed by atoms with E-state index in [2.05, 4.69) is 4.66 Å². The minimum absolute atomic E-state index is 0.00606. The second-order valence-corrected chi connectivity index (χ2v) is 2.53. The summed E-state index contributed by atoms with van der Waals surface area (Å²) in [5.41, 5.74) is 0. The van der Waals surface area contributed by atoms with Gasteiger partial charge in [0.15, 0.2) is 5.91 Å². The fourth-order valence-corrected chi connectivity index (χ4v) is 1.14. The third-order valence-electron chi connectivity index (χ3n) is 0.852. The van der Waals surface area contributed by atoms with Gasteiger partial charge in [0.2, 0.25) is 6.08 Å². The molecule has 0 aromatic heterocycles. The van der Waals surface area contributed by atoms with Gasteiger partial charge in [-0.2, -0.15) is 0 Å². The molecule has 0 unspecified atom stereocenters. The summed E-state index contributed by atoms with van der Waals surface area (Å²) in [6.07, 6.45) is 1.44. The lowest BCUT2D eigenvalue weighted by Crippen LogP contribution is -2.23. The Morgan fingerprint density at radius 2 is 2.00 bits per heavy atom. The molecule has 0 aromatic rings. The number of hydrogen-bond donors (Lipinski definition) is 0. The number of isocyanates is 1. The number of nitrogens with zero attached hydrogens (tertiary/aromatic N) is 1. The van der Waals surface area contributed by atoms with Crippen LogP contribution in [0.15, 0.2) is 4.66 Å². The lowest BCUT2D eigenvalue weighted by molar-refractivity contribution is -0.0826. The van der Waals surface area contributed by atoms with Crippen molar-refractivity contribution in [2.75, 3.05) is 13.2 Å². The standard InChI is InChI=1S/C6H11NO3Si/c1-3-9-6(10-4-2)11-7-5-8/h6H,3-4H2,1-2H3. The molecule has 0 saturated carbocycles. The van der Waals surface area contributed by atoms with E-state index < -0.39 is 0 Å². The number of rotatable bonds is 6. The van der Waals surface area contributed by atoms with Crippen LogP contribution in [-0.4, -0.2) is 34.9 Å². The largest absolute Gasteiger partial charge is 0.355 e. The molecule has 0 fully saturated rings. The Hall–Kier alpha value is -0.483. The quantitative estimate of drug-likeness (QED) is 0.251. The summed E-state index contributed by atoms with van der Waals surface area (Å²) >= 11 is 0. The van der Waals surface area contributed by atoms with Gasteiger partial charge in [-0.15, -0.1) is 0 Å². The molecular formula is C6H11NO3Si. The molecule has 2 radical (unpaired) electrons. The first-order chi connectivity index (χ1) is 5.35. The molecule has 0 bridgehead atoms. The Labute approximate surface area is 68.5 Å². The van der Waals surface area contributed by atoms with E-state index in [-0.39, 0.29) is 15.6 Å². The van der Waals surface area contributed by atoms with Crippen molar-refractivity contribution in [2.24, 2.45) is 4.66 Å². The van der Waals surface area contributed by atoms with E-state index in [1.165, 1.54) is 6.08 Å². The monoisotopic (exact) mass is 173 g/mol. The highest BCUT2D eigenvalue weighted by Crippen LogP contribution is 1.92. The zero-order chi connectivity index (χ0) is 8.53.